The molecule has 7 heteroatoms. The molecule has 0 amide bonds. The van der Waals surface area contributed by atoms with Crippen LogP contribution >= 0.6 is 12.4 Å². The fraction of sp³-hybridized carbons (Fsp3) is 0.375. The van der Waals surface area contributed by atoms with Crippen LogP contribution in [0.5, 0.6) is 0 Å². The Bertz CT molecular complexity index is 422. The largest absolute Gasteiger partial charge is 0.370 e. The van der Waals surface area contributed by atoms with E-state index >= 15 is 0 Å². The first-order valence-corrected chi connectivity index (χ1v) is 4.10. The predicted octanol–water partition coefficient (Wildman–Crippen LogP) is -0.716. The average molecular weight is 232 g/mol. The van der Waals surface area contributed by atoms with Gasteiger partial charge in [0.25, 0.3) is 5.56 Å². The van der Waals surface area contributed by atoms with Crippen LogP contribution in [0.15, 0.2) is 15.9 Å². The molecule has 6 nitrogen and oxygen atoms in total. The van der Waals surface area contributed by atoms with Crippen molar-refractivity contribution in [3.8, 4) is 0 Å². The number of guanidine groups is 1. The number of nitrogens with zero attached hydrogens (tertiary/aromatic N) is 3. The van der Waals surface area contributed by atoms with Gasteiger partial charge in [-0.3, -0.25) is 4.79 Å². The van der Waals surface area contributed by atoms with Crippen LogP contribution in [-0.4, -0.2) is 15.7 Å². The van der Waals surface area contributed by atoms with E-state index in [1.165, 1.54) is 10.7 Å². The lowest BCUT2D eigenvalue weighted by Gasteiger charge is -2.03. The Hall–Kier alpha value is -1.56. The standard InChI is InChI=1S/C8H13N5O.ClH/c1-5-3-7(14)13(2)12-6(5)4-11-8(9)10;/h3H,4H2,1-2H3,(H4,9,10,11);1H. The first-order valence-electron chi connectivity index (χ1n) is 4.10. The van der Waals surface area contributed by atoms with Gasteiger partial charge in [-0.25, -0.2) is 9.67 Å². The van der Waals surface area contributed by atoms with Gasteiger partial charge in [-0.05, 0) is 12.5 Å². The highest BCUT2D eigenvalue weighted by molar-refractivity contribution is 5.85. The smallest absolute Gasteiger partial charge is 0.266 e. The van der Waals surface area contributed by atoms with E-state index < -0.39 is 0 Å². The Balaban J connectivity index is 0.00000196. The molecule has 1 aromatic rings. The molecule has 0 bridgehead atoms. The van der Waals surface area contributed by atoms with Gasteiger partial charge in [-0.1, -0.05) is 0 Å². The summed E-state index contributed by atoms with van der Waals surface area (Å²) in [5.41, 5.74) is 11.7. The summed E-state index contributed by atoms with van der Waals surface area (Å²) in [6.45, 7) is 2.09. The van der Waals surface area contributed by atoms with E-state index in [0.717, 1.165) is 5.56 Å². The summed E-state index contributed by atoms with van der Waals surface area (Å²) in [6, 6.07) is 1.50. The van der Waals surface area contributed by atoms with E-state index in [2.05, 4.69) is 10.1 Å². The fourth-order valence-corrected chi connectivity index (χ4v) is 0.994. The van der Waals surface area contributed by atoms with Crippen LogP contribution < -0.4 is 17.0 Å². The highest BCUT2D eigenvalue weighted by Gasteiger charge is 2.02. The lowest BCUT2D eigenvalue weighted by molar-refractivity contribution is 0.672. The molecule has 0 fully saturated rings. The zero-order valence-electron chi connectivity index (χ0n) is 8.60. The van der Waals surface area contributed by atoms with Crippen molar-refractivity contribution in [1.29, 1.82) is 0 Å². The van der Waals surface area contributed by atoms with Gasteiger partial charge in [0, 0.05) is 13.1 Å². The molecule has 84 valence electrons. The third kappa shape index (κ3) is 3.59. The highest BCUT2D eigenvalue weighted by Crippen LogP contribution is 2.01. The number of nitrogens with two attached hydrogens (primary N) is 2. The normalized spacial score (nSPS) is 9.20. The summed E-state index contributed by atoms with van der Waals surface area (Å²) >= 11 is 0. The first-order chi connectivity index (χ1) is 6.50. The maximum atomic E-state index is 11.1. The van der Waals surface area contributed by atoms with Crippen LogP contribution in [0.25, 0.3) is 0 Å². The molecule has 15 heavy (non-hydrogen) atoms. The maximum Gasteiger partial charge on any atom is 0.266 e. The third-order valence-corrected chi connectivity index (χ3v) is 1.80. The van der Waals surface area contributed by atoms with Gasteiger partial charge in [0.15, 0.2) is 5.96 Å². The highest BCUT2D eigenvalue weighted by atomic mass is 35.5. The van der Waals surface area contributed by atoms with Gasteiger partial charge in [-0.2, -0.15) is 5.10 Å². The molecule has 1 aromatic heterocycles. The molecular formula is C8H14ClN5O. The van der Waals surface area contributed by atoms with E-state index in [1.807, 2.05) is 0 Å². The molecule has 0 aliphatic heterocycles. The molecule has 1 heterocycles. The summed E-state index contributed by atoms with van der Waals surface area (Å²) in [4.78, 5) is 15.0. The molecule has 0 aliphatic carbocycles. The third-order valence-electron chi connectivity index (χ3n) is 1.80. The van der Waals surface area contributed by atoms with Crippen molar-refractivity contribution >= 4 is 18.4 Å². The number of hydrogen-bond acceptors (Lipinski definition) is 3. The Morgan fingerprint density at radius 2 is 2.20 bits per heavy atom. The van der Waals surface area contributed by atoms with Crippen LogP contribution in [-0.2, 0) is 13.6 Å². The Morgan fingerprint density at radius 3 is 2.73 bits per heavy atom. The molecule has 0 atom stereocenters. The van der Waals surface area contributed by atoms with Crippen LogP contribution in [0, 0.1) is 6.92 Å². The molecule has 0 spiro atoms. The Kier molecular flexibility index (Phi) is 4.80. The quantitative estimate of drug-likeness (QED) is 0.519. The lowest BCUT2D eigenvalue weighted by Crippen LogP contribution is -2.24. The molecule has 0 radical (unpaired) electrons. The zero-order chi connectivity index (χ0) is 10.7. The molecular weight excluding hydrogens is 218 g/mol. The second-order valence-corrected chi connectivity index (χ2v) is 2.98. The van der Waals surface area contributed by atoms with Gasteiger partial charge < -0.3 is 11.5 Å². The van der Waals surface area contributed by atoms with Crippen molar-refractivity contribution in [2.24, 2.45) is 23.5 Å². The van der Waals surface area contributed by atoms with Gasteiger partial charge in [0.2, 0.25) is 0 Å². The number of halogens is 1. The topological polar surface area (TPSA) is 99.3 Å². The van der Waals surface area contributed by atoms with E-state index in [-0.39, 0.29) is 23.9 Å². The van der Waals surface area contributed by atoms with Crippen molar-refractivity contribution in [2.45, 2.75) is 13.5 Å². The van der Waals surface area contributed by atoms with Crippen molar-refractivity contribution in [3.63, 3.8) is 0 Å². The molecule has 0 unspecified atom stereocenters. The second-order valence-electron chi connectivity index (χ2n) is 2.98. The number of aliphatic imine (C=N–C) groups is 1. The molecule has 4 N–H and O–H groups in total. The van der Waals surface area contributed by atoms with Crippen molar-refractivity contribution < 1.29 is 0 Å². The van der Waals surface area contributed by atoms with Gasteiger partial charge in [0.05, 0.1) is 12.2 Å². The Morgan fingerprint density at radius 1 is 1.60 bits per heavy atom. The van der Waals surface area contributed by atoms with Gasteiger partial charge in [0.1, 0.15) is 0 Å². The molecule has 0 aromatic carbocycles. The molecule has 1 rings (SSSR count). The van der Waals surface area contributed by atoms with Gasteiger partial charge in [-0.15, -0.1) is 12.4 Å². The van der Waals surface area contributed by atoms with Gasteiger partial charge >= 0.3 is 0 Å². The maximum absolute atomic E-state index is 11.1. The van der Waals surface area contributed by atoms with Crippen LogP contribution in [0.3, 0.4) is 0 Å². The van der Waals surface area contributed by atoms with E-state index in [0.29, 0.717) is 12.2 Å². The number of aromatic nitrogens is 2. The summed E-state index contributed by atoms with van der Waals surface area (Å²) < 4.78 is 1.25. The molecule has 0 aliphatic rings. The number of hydrogen-bond donors (Lipinski definition) is 2. The van der Waals surface area contributed by atoms with Crippen LogP contribution in [0.4, 0.5) is 0 Å². The molecule has 0 saturated carbocycles. The Labute approximate surface area is 93.4 Å². The minimum atomic E-state index is -0.143. The summed E-state index contributed by atoms with van der Waals surface area (Å²) in [5.74, 6) is 0.0139. The predicted molar refractivity (Wildman–Crippen MR) is 61.0 cm³/mol. The van der Waals surface area contributed by atoms with Crippen molar-refractivity contribution in [1.82, 2.24) is 9.78 Å². The van der Waals surface area contributed by atoms with E-state index in [4.69, 9.17) is 11.5 Å². The van der Waals surface area contributed by atoms with E-state index in [9.17, 15) is 4.79 Å². The summed E-state index contributed by atoms with van der Waals surface area (Å²) in [6.07, 6.45) is 0. The number of rotatable bonds is 2. The summed E-state index contributed by atoms with van der Waals surface area (Å²) in [7, 11) is 1.58. The first kappa shape index (κ1) is 13.4. The zero-order valence-corrected chi connectivity index (χ0v) is 9.41. The number of aryl methyl sites for hydroxylation is 2. The van der Waals surface area contributed by atoms with Crippen LogP contribution in [0.2, 0.25) is 0 Å². The SMILES string of the molecule is Cc1cc(=O)n(C)nc1CN=C(N)N.Cl. The minimum absolute atomic E-state index is 0. The monoisotopic (exact) mass is 231 g/mol. The second kappa shape index (κ2) is 5.35. The van der Waals surface area contributed by atoms with E-state index in [1.54, 1.807) is 14.0 Å². The average Bonchev–Trinajstić information content (AvgIpc) is 2.09. The molecule has 0 saturated heterocycles. The van der Waals surface area contributed by atoms with Crippen LogP contribution in [0.1, 0.15) is 11.3 Å². The summed E-state index contributed by atoms with van der Waals surface area (Å²) in [5, 5.41) is 4.03. The lowest BCUT2D eigenvalue weighted by atomic mass is 10.2. The fourth-order valence-electron chi connectivity index (χ4n) is 0.994. The minimum Gasteiger partial charge on any atom is -0.370 e. The van der Waals surface area contributed by atoms with Crippen molar-refractivity contribution in [2.75, 3.05) is 0 Å². The van der Waals surface area contributed by atoms with Crippen molar-refractivity contribution in [3.05, 3.63) is 27.7 Å².